The van der Waals surface area contributed by atoms with Gasteiger partial charge in [-0.25, -0.2) is 13.6 Å². The molecule has 4 saturated heterocycles. The van der Waals surface area contributed by atoms with Gasteiger partial charge in [-0.1, -0.05) is 59.6 Å². The van der Waals surface area contributed by atoms with Crippen molar-refractivity contribution in [1.29, 1.82) is 0 Å². The summed E-state index contributed by atoms with van der Waals surface area (Å²) in [4.78, 5) is 38.6. The lowest BCUT2D eigenvalue weighted by Crippen LogP contribution is -2.57. The molecule has 314 valence electrons. The summed E-state index contributed by atoms with van der Waals surface area (Å²) in [5.74, 6) is 3.51. The summed E-state index contributed by atoms with van der Waals surface area (Å²) in [5.41, 5.74) is 5.71. The number of rotatable bonds is 8. The number of alkyl halides is 1. The van der Waals surface area contributed by atoms with Crippen molar-refractivity contribution < 1.29 is 23.0 Å². The molecule has 4 fully saturated rings. The molecule has 0 saturated carbocycles. The molecule has 4 aliphatic rings. The van der Waals surface area contributed by atoms with Gasteiger partial charge in [-0.2, -0.15) is 9.97 Å². The van der Waals surface area contributed by atoms with Crippen LogP contribution in [0.25, 0.3) is 32.9 Å². The molecule has 0 radical (unpaired) electrons. The van der Waals surface area contributed by atoms with Gasteiger partial charge in [-0.05, 0) is 75.7 Å². The zero-order valence-corrected chi connectivity index (χ0v) is 37.1. The van der Waals surface area contributed by atoms with Gasteiger partial charge in [0.05, 0.1) is 23.0 Å². The van der Waals surface area contributed by atoms with Crippen LogP contribution < -0.4 is 9.64 Å². The maximum absolute atomic E-state index is 17.5. The second-order valence-corrected chi connectivity index (χ2v) is 24.9. The number of fused-ring (bicyclic) bond motifs is 5. The Hall–Kier alpha value is -4.41. The summed E-state index contributed by atoms with van der Waals surface area (Å²) >= 11 is 0. The number of ether oxygens (including phenoxy) is 2. The maximum Gasteiger partial charge on any atom is 0.410 e. The van der Waals surface area contributed by atoms with Crippen LogP contribution >= 0.6 is 0 Å². The zero-order valence-electron chi connectivity index (χ0n) is 36.1. The van der Waals surface area contributed by atoms with E-state index in [-0.39, 0.29) is 42.0 Å². The van der Waals surface area contributed by atoms with E-state index in [1.807, 2.05) is 43.9 Å². The van der Waals surface area contributed by atoms with Crippen LogP contribution in [0.5, 0.6) is 6.01 Å². The Morgan fingerprint density at radius 1 is 1.00 bits per heavy atom. The van der Waals surface area contributed by atoms with Crippen LogP contribution in [0.15, 0.2) is 36.8 Å². The summed E-state index contributed by atoms with van der Waals surface area (Å²) in [5, 5.41) is 2.09. The summed E-state index contributed by atoms with van der Waals surface area (Å²) in [6.07, 6.45) is 7.68. The first kappa shape index (κ1) is 41.3. The van der Waals surface area contributed by atoms with E-state index >= 15 is 4.39 Å². The Morgan fingerprint density at radius 2 is 1.71 bits per heavy atom. The molecule has 1 aromatic carbocycles. The van der Waals surface area contributed by atoms with Crippen molar-refractivity contribution in [2.24, 2.45) is 0 Å². The van der Waals surface area contributed by atoms with Crippen molar-refractivity contribution in [3.63, 3.8) is 0 Å². The fourth-order valence-electron chi connectivity index (χ4n) is 11.0. The Morgan fingerprint density at radius 3 is 2.39 bits per heavy atom. The minimum Gasteiger partial charge on any atom is -0.461 e. The van der Waals surface area contributed by atoms with Crippen LogP contribution in [0.1, 0.15) is 100.0 Å². The molecule has 4 aliphatic heterocycles. The second kappa shape index (κ2) is 15.6. The molecule has 59 heavy (non-hydrogen) atoms. The molecule has 0 spiro atoms. The predicted octanol–water partition coefficient (Wildman–Crippen LogP) is 9.49. The lowest BCUT2D eigenvalue weighted by molar-refractivity contribution is 0.0122. The predicted molar refractivity (Wildman–Crippen MR) is 232 cm³/mol. The number of amides is 1. The van der Waals surface area contributed by atoms with Crippen molar-refractivity contribution >= 4 is 41.7 Å². The molecule has 8 rings (SSSR count). The van der Waals surface area contributed by atoms with Crippen molar-refractivity contribution in [3.8, 4) is 28.7 Å². The standard InChI is InChI=1S/C46H59F2N7O3Si/c1-28(2)59(29(3)4,30(5)6)19-16-31-12-10-13-32-21-49-22-36(38(31)32)40-39(48)41-37(23-50-40)42(52-43(51-41)57-27-46-17-11-18-54(46)24-33(47)20-46)53-25-34-14-15-35(26-53)55(34)44(56)58-45(7,8)9/h10,12-13,21-23,28-30,33-35H,11,14-15,17-18,20,24-27H2,1-9H3/t33-,34-,35+,46+/m0/s1. The van der Waals surface area contributed by atoms with Crippen molar-refractivity contribution in [2.45, 2.75) is 140 Å². The first-order valence-electron chi connectivity index (χ1n) is 21.6. The average Bonchev–Trinajstić information content (AvgIpc) is 3.79. The number of halogens is 2. The first-order valence-corrected chi connectivity index (χ1v) is 23.8. The van der Waals surface area contributed by atoms with Crippen LogP contribution in [0, 0.1) is 17.3 Å². The number of hydrogen-bond acceptors (Lipinski definition) is 9. The van der Waals surface area contributed by atoms with Gasteiger partial charge >= 0.3 is 12.1 Å². The minimum absolute atomic E-state index is 0.0361. The van der Waals surface area contributed by atoms with E-state index in [9.17, 15) is 9.18 Å². The Balaban J connectivity index is 1.23. The van der Waals surface area contributed by atoms with Crippen LogP contribution in [0.2, 0.25) is 16.6 Å². The van der Waals surface area contributed by atoms with Gasteiger partial charge < -0.3 is 14.4 Å². The van der Waals surface area contributed by atoms with E-state index in [1.54, 1.807) is 18.6 Å². The number of carbonyl (C=O) groups excluding carboxylic acids is 1. The molecule has 0 N–H and O–H groups in total. The van der Waals surface area contributed by atoms with Gasteiger partial charge in [0.25, 0.3) is 0 Å². The van der Waals surface area contributed by atoms with Gasteiger partial charge in [0, 0.05) is 66.5 Å². The van der Waals surface area contributed by atoms with Crippen molar-refractivity contribution in [1.82, 2.24) is 29.7 Å². The fourth-order valence-corrected chi connectivity index (χ4v) is 16.2. The molecule has 4 aromatic rings. The van der Waals surface area contributed by atoms with Gasteiger partial charge in [0.1, 0.15) is 43.5 Å². The smallest absolute Gasteiger partial charge is 0.410 e. The SMILES string of the molecule is CC(C)[Si](C#Cc1cccc2cncc(-c3ncc4c(N5C[C@H]6CC[C@@H](C5)N6C(=O)OC(C)(C)C)nc(OC[C@]56CCCN5C[C@@H](F)C6)nc4c3F)c12)(C(C)C)C(C)C. The number of piperazine rings is 1. The molecule has 13 heteroatoms. The number of nitrogens with zero attached hydrogens (tertiary/aromatic N) is 7. The summed E-state index contributed by atoms with van der Waals surface area (Å²) in [7, 11) is -2.08. The largest absolute Gasteiger partial charge is 0.461 e. The van der Waals surface area contributed by atoms with Gasteiger partial charge in [0.15, 0.2) is 5.82 Å². The van der Waals surface area contributed by atoms with E-state index in [0.717, 1.165) is 48.6 Å². The molecular weight excluding hydrogens is 765 g/mol. The summed E-state index contributed by atoms with van der Waals surface area (Å²) in [6.45, 7) is 21.8. The highest BCUT2D eigenvalue weighted by atomic mass is 28.3. The molecule has 4 atom stereocenters. The topological polar surface area (TPSA) is 96.8 Å². The van der Waals surface area contributed by atoms with Crippen LogP contribution in [0.4, 0.5) is 19.4 Å². The highest BCUT2D eigenvalue weighted by molar-refractivity contribution is 6.90. The molecule has 3 aromatic heterocycles. The van der Waals surface area contributed by atoms with E-state index in [0.29, 0.717) is 59.4 Å². The quantitative estimate of drug-likeness (QED) is 0.127. The highest BCUT2D eigenvalue weighted by Crippen LogP contribution is 2.43. The molecule has 0 aliphatic carbocycles. The Kier molecular flexibility index (Phi) is 10.9. The third-order valence-corrected chi connectivity index (χ3v) is 19.9. The number of benzene rings is 1. The first-order chi connectivity index (χ1) is 28.0. The molecule has 7 heterocycles. The minimum atomic E-state index is -2.08. The lowest BCUT2D eigenvalue weighted by Gasteiger charge is -2.42. The summed E-state index contributed by atoms with van der Waals surface area (Å²) < 4.78 is 44.5. The van der Waals surface area contributed by atoms with E-state index in [2.05, 4.69) is 67.8 Å². The van der Waals surface area contributed by atoms with Gasteiger partial charge in [-0.15, -0.1) is 5.54 Å². The van der Waals surface area contributed by atoms with Gasteiger partial charge in [-0.3, -0.25) is 19.8 Å². The molecule has 2 bridgehead atoms. The average molecular weight is 824 g/mol. The van der Waals surface area contributed by atoms with E-state index in [4.69, 9.17) is 24.4 Å². The number of pyridine rings is 2. The second-order valence-electron chi connectivity index (χ2n) is 19.3. The van der Waals surface area contributed by atoms with E-state index in [1.165, 1.54) is 0 Å². The van der Waals surface area contributed by atoms with E-state index < -0.39 is 31.2 Å². The third kappa shape index (κ3) is 7.42. The number of anilines is 1. The number of aromatic nitrogens is 4. The number of carbonyl (C=O) groups is 1. The number of hydrogen-bond donors (Lipinski definition) is 0. The van der Waals surface area contributed by atoms with Crippen LogP contribution in [-0.2, 0) is 4.74 Å². The molecule has 10 nitrogen and oxygen atoms in total. The van der Waals surface area contributed by atoms with Crippen LogP contribution in [0.3, 0.4) is 0 Å². The Bertz CT molecular complexity index is 2280. The van der Waals surface area contributed by atoms with Crippen molar-refractivity contribution in [2.75, 3.05) is 37.7 Å². The zero-order chi connectivity index (χ0) is 42.0. The third-order valence-electron chi connectivity index (χ3n) is 13.6. The van der Waals surface area contributed by atoms with Gasteiger partial charge in [0.2, 0.25) is 0 Å². The fraction of sp³-hybridized carbons (Fsp3) is 0.587. The Labute approximate surface area is 348 Å². The molecule has 1 amide bonds. The lowest BCUT2D eigenvalue weighted by atomic mass is 9.95. The molecular formula is C46H59F2N7O3Si. The van der Waals surface area contributed by atoms with Crippen LogP contribution in [-0.4, -0.2) is 106 Å². The van der Waals surface area contributed by atoms with Crippen molar-refractivity contribution in [3.05, 3.63) is 48.2 Å². The normalized spacial score (nSPS) is 23.5. The maximum atomic E-state index is 17.5. The highest BCUT2D eigenvalue weighted by Gasteiger charge is 2.50. The monoisotopic (exact) mass is 823 g/mol. The summed E-state index contributed by atoms with van der Waals surface area (Å²) in [6, 6.07) is 5.78. The molecule has 0 unspecified atom stereocenters.